The van der Waals surface area contributed by atoms with Gasteiger partial charge in [-0.25, -0.2) is 0 Å². The van der Waals surface area contributed by atoms with Crippen LogP contribution in [0.15, 0.2) is 24.3 Å². The molecule has 5 nitrogen and oxygen atoms in total. The molecular weight excluding hydrogens is 246 g/mol. The van der Waals surface area contributed by atoms with Gasteiger partial charge in [0.05, 0.1) is 6.61 Å². The van der Waals surface area contributed by atoms with Crippen molar-refractivity contribution >= 4 is 11.9 Å². The fourth-order valence-electron chi connectivity index (χ4n) is 2.22. The monoisotopic (exact) mass is 263 g/mol. The number of carbonyl (C=O) groups is 2. The predicted molar refractivity (Wildman–Crippen MR) is 69.2 cm³/mol. The summed E-state index contributed by atoms with van der Waals surface area (Å²) in [5.41, 5.74) is 1.60. The summed E-state index contributed by atoms with van der Waals surface area (Å²) in [6.45, 7) is 1.14. The van der Waals surface area contributed by atoms with E-state index in [1.165, 1.54) is 11.9 Å². The van der Waals surface area contributed by atoms with Gasteiger partial charge in [-0.3, -0.25) is 9.59 Å². The van der Waals surface area contributed by atoms with Crippen LogP contribution in [-0.4, -0.2) is 48.7 Å². The number of ether oxygens (including phenoxy) is 1. The van der Waals surface area contributed by atoms with Gasteiger partial charge < -0.3 is 14.7 Å². The van der Waals surface area contributed by atoms with Crippen molar-refractivity contribution in [1.82, 2.24) is 4.90 Å². The van der Waals surface area contributed by atoms with Crippen molar-refractivity contribution in [3.05, 3.63) is 35.4 Å². The van der Waals surface area contributed by atoms with E-state index in [1.807, 2.05) is 18.2 Å². The minimum Gasteiger partial charge on any atom is -0.480 e. The van der Waals surface area contributed by atoms with Crippen LogP contribution in [0.5, 0.6) is 0 Å². The van der Waals surface area contributed by atoms with Gasteiger partial charge in [0.2, 0.25) is 0 Å². The Hall–Kier alpha value is -1.88. The molecule has 1 fully saturated rings. The van der Waals surface area contributed by atoms with Gasteiger partial charge in [-0.05, 0) is 24.1 Å². The molecule has 0 aliphatic carbocycles. The van der Waals surface area contributed by atoms with Gasteiger partial charge in [0, 0.05) is 25.1 Å². The van der Waals surface area contributed by atoms with Crippen LogP contribution in [0.4, 0.5) is 0 Å². The van der Waals surface area contributed by atoms with Gasteiger partial charge in [0.1, 0.15) is 6.54 Å². The highest BCUT2D eigenvalue weighted by Gasteiger charge is 2.20. The van der Waals surface area contributed by atoms with E-state index in [9.17, 15) is 9.59 Å². The summed E-state index contributed by atoms with van der Waals surface area (Å²) in [4.78, 5) is 23.9. The standard InChI is InChI=1S/C14H17NO4/c1-15(8-13(16)17)14(18)11-4-2-3-10(7-11)12-5-6-19-9-12/h2-4,7,12H,5-6,8-9H2,1H3,(H,16,17). The molecule has 19 heavy (non-hydrogen) atoms. The Morgan fingerprint density at radius 3 is 2.89 bits per heavy atom. The lowest BCUT2D eigenvalue weighted by Gasteiger charge is -2.16. The van der Waals surface area contributed by atoms with Crippen LogP contribution in [-0.2, 0) is 9.53 Å². The van der Waals surface area contributed by atoms with Crippen LogP contribution in [0.25, 0.3) is 0 Å². The van der Waals surface area contributed by atoms with Gasteiger partial charge in [-0.1, -0.05) is 12.1 Å². The molecule has 0 saturated carbocycles. The summed E-state index contributed by atoms with van der Waals surface area (Å²) in [7, 11) is 1.49. The minimum absolute atomic E-state index is 0.275. The second-order valence-electron chi connectivity index (χ2n) is 4.74. The van der Waals surface area contributed by atoms with E-state index in [1.54, 1.807) is 6.07 Å². The molecule has 1 atom stereocenters. The molecule has 1 aliphatic heterocycles. The van der Waals surface area contributed by atoms with Crippen molar-refractivity contribution < 1.29 is 19.4 Å². The molecule has 1 aromatic carbocycles. The molecular formula is C14H17NO4. The van der Waals surface area contributed by atoms with Crippen LogP contribution in [0, 0.1) is 0 Å². The lowest BCUT2D eigenvalue weighted by atomic mass is 9.96. The molecule has 5 heteroatoms. The molecule has 0 bridgehead atoms. The third-order valence-electron chi connectivity index (χ3n) is 3.25. The molecule has 0 aromatic heterocycles. The first-order valence-electron chi connectivity index (χ1n) is 6.23. The van der Waals surface area contributed by atoms with Crippen molar-refractivity contribution in [2.75, 3.05) is 26.8 Å². The smallest absolute Gasteiger partial charge is 0.323 e. The largest absolute Gasteiger partial charge is 0.480 e. The maximum atomic E-state index is 12.1. The van der Waals surface area contributed by atoms with Gasteiger partial charge in [-0.2, -0.15) is 0 Å². The molecule has 2 rings (SSSR count). The van der Waals surface area contributed by atoms with Gasteiger partial charge >= 0.3 is 5.97 Å². The molecule has 1 heterocycles. The number of rotatable bonds is 4. The quantitative estimate of drug-likeness (QED) is 0.890. The highest BCUT2D eigenvalue weighted by molar-refractivity contribution is 5.95. The van der Waals surface area contributed by atoms with E-state index in [0.29, 0.717) is 18.1 Å². The summed E-state index contributed by atoms with van der Waals surface area (Å²) >= 11 is 0. The Morgan fingerprint density at radius 2 is 2.26 bits per heavy atom. The number of benzene rings is 1. The molecule has 1 saturated heterocycles. The lowest BCUT2D eigenvalue weighted by Crippen LogP contribution is -2.32. The van der Waals surface area contributed by atoms with Crippen LogP contribution < -0.4 is 0 Å². The molecule has 1 N–H and O–H groups in total. The normalized spacial score (nSPS) is 18.3. The van der Waals surface area contributed by atoms with Gasteiger partial charge in [0.25, 0.3) is 5.91 Å². The first kappa shape index (κ1) is 13.5. The number of likely N-dealkylation sites (N-methyl/N-ethyl adjacent to an activating group) is 1. The van der Waals surface area contributed by atoms with Crippen LogP contribution in [0.2, 0.25) is 0 Å². The van der Waals surface area contributed by atoms with Crippen LogP contribution in [0.1, 0.15) is 28.3 Å². The Bertz CT molecular complexity index is 480. The highest BCUT2D eigenvalue weighted by atomic mass is 16.5. The van der Waals surface area contributed by atoms with Crippen molar-refractivity contribution in [3.8, 4) is 0 Å². The average Bonchev–Trinajstić information content (AvgIpc) is 2.91. The Morgan fingerprint density at radius 1 is 1.47 bits per heavy atom. The third-order valence-corrected chi connectivity index (χ3v) is 3.25. The van der Waals surface area contributed by atoms with E-state index < -0.39 is 5.97 Å². The minimum atomic E-state index is -1.02. The summed E-state index contributed by atoms with van der Waals surface area (Å²) in [6, 6.07) is 7.35. The molecule has 1 aromatic rings. The summed E-state index contributed by atoms with van der Waals surface area (Å²) < 4.78 is 5.34. The first-order valence-corrected chi connectivity index (χ1v) is 6.23. The number of aliphatic carboxylic acids is 1. The molecule has 0 radical (unpaired) electrons. The van der Waals surface area contributed by atoms with Crippen molar-refractivity contribution in [3.63, 3.8) is 0 Å². The SMILES string of the molecule is CN(CC(=O)O)C(=O)c1cccc(C2CCOC2)c1. The zero-order chi connectivity index (χ0) is 13.8. The third kappa shape index (κ3) is 3.32. The number of amides is 1. The summed E-state index contributed by atoms with van der Waals surface area (Å²) in [5.74, 6) is -0.961. The number of hydrogen-bond acceptors (Lipinski definition) is 3. The lowest BCUT2D eigenvalue weighted by molar-refractivity contribution is -0.137. The van der Waals surface area contributed by atoms with Gasteiger partial charge in [-0.15, -0.1) is 0 Å². The van der Waals surface area contributed by atoms with E-state index in [-0.39, 0.29) is 12.5 Å². The highest BCUT2D eigenvalue weighted by Crippen LogP contribution is 2.25. The molecule has 1 unspecified atom stereocenters. The zero-order valence-electron chi connectivity index (χ0n) is 10.8. The van der Waals surface area contributed by atoms with Crippen molar-refractivity contribution in [2.45, 2.75) is 12.3 Å². The zero-order valence-corrected chi connectivity index (χ0v) is 10.8. The van der Waals surface area contributed by atoms with E-state index >= 15 is 0 Å². The van der Waals surface area contributed by atoms with Crippen LogP contribution in [0.3, 0.4) is 0 Å². The molecule has 102 valence electrons. The molecule has 1 aliphatic rings. The Balaban J connectivity index is 2.13. The number of carboxylic acids is 1. The van der Waals surface area contributed by atoms with E-state index in [4.69, 9.17) is 9.84 Å². The van der Waals surface area contributed by atoms with Crippen molar-refractivity contribution in [2.24, 2.45) is 0 Å². The maximum Gasteiger partial charge on any atom is 0.323 e. The fourth-order valence-corrected chi connectivity index (χ4v) is 2.22. The molecule has 0 spiro atoms. The number of carbonyl (C=O) groups excluding carboxylic acids is 1. The van der Waals surface area contributed by atoms with Crippen molar-refractivity contribution in [1.29, 1.82) is 0 Å². The molecule has 1 amide bonds. The Labute approximate surface area is 111 Å². The fraction of sp³-hybridized carbons (Fsp3) is 0.429. The second-order valence-corrected chi connectivity index (χ2v) is 4.74. The maximum absolute atomic E-state index is 12.1. The first-order chi connectivity index (χ1) is 9.08. The average molecular weight is 263 g/mol. The summed E-state index contributed by atoms with van der Waals surface area (Å²) in [5, 5.41) is 8.70. The Kier molecular flexibility index (Phi) is 4.16. The second kappa shape index (κ2) is 5.84. The van der Waals surface area contributed by atoms with E-state index in [2.05, 4.69) is 0 Å². The number of carboxylic acid groups (broad SMARTS) is 1. The van der Waals surface area contributed by atoms with E-state index in [0.717, 1.165) is 18.6 Å². The number of hydrogen-bond donors (Lipinski definition) is 1. The predicted octanol–water partition coefficient (Wildman–Crippen LogP) is 1.35. The number of nitrogens with zero attached hydrogens (tertiary/aromatic N) is 1. The topological polar surface area (TPSA) is 66.8 Å². The van der Waals surface area contributed by atoms with Gasteiger partial charge in [0.15, 0.2) is 0 Å². The summed E-state index contributed by atoms with van der Waals surface area (Å²) in [6.07, 6.45) is 0.961. The van der Waals surface area contributed by atoms with Crippen LogP contribution >= 0.6 is 0 Å².